The van der Waals surface area contributed by atoms with Crippen molar-refractivity contribution in [2.45, 2.75) is 20.3 Å². The molecule has 0 aliphatic carbocycles. The lowest BCUT2D eigenvalue weighted by molar-refractivity contribution is -0.120. The number of anilines is 1. The van der Waals surface area contributed by atoms with Crippen LogP contribution in [0.1, 0.15) is 19.5 Å². The fourth-order valence-electron chi connectivity index (χ4n) is 1.25. The Morgan fingerprint density at radius 1 is 1.29 bits per heavy atom. The summed E-state index contributed by atoms with van der Waals surface area (Å²) in [7, 11) is 1.83. The summed E-state index contributed by atoms with van der Waals surface area (Å²) in [6.07, 6.45) is 0.234. The summed E-state index contributed by atoms with van der Waals surface area (Å²) in [4.78, 5) is 27.3. The van der Waals surface area contributed by atoms with Crippen molar-refractivity contribution in [2.75, 3.05) is 25.5 Å². The van der Waals surface area contributed by atoms with Gasteiger partial charge >= 0.3 is 0 Å². The highest BCUT2D eigenvalue weighted by Crippen LogP contribution is 2.16. The van der Waals surface area contributed by atoms with Gasteiger partial charge in [-0.05, 0) is 7.05 Å². The molecule has 0 spiro atoms. The number of halogens is 2. The molecule has 0 unspecified atom stereocenters. The number of carbonyl (C=O) groups is 2. The number of hydrogen-bond acceptors (Lipinski definition) is 5. The average Bonchev–Trinajstić information content (AvgIpc) is 2.76. The minimum atomic E-state index is -0.0859. The van der Waals surface area contributed by atoms with E-state index in [1.165, 1.54) is 11.3 Å². The van der Waals surface area contributed by atoms with Crippen LogP contribution in [0.2, 0.25) is 0 Å². The first-order valence-electron chi connectivity index (χ1n) is 6.19. The number of nitrogens with one attached hydrogen (secondary N) is 3. The Morgan fingerprint density at radius 3 is 2.52 bits per heavy atom. The lowest BCUT2D eigenvalue weighted by atomic mass is 10.2. The van der Waals surface area contributed by atoms with E-state index in [4.69, 9.17) is 0 Å². The van der Waals surface area contributed by atoms with Gasteiger partial charge in [0.2, 0.25) is 11.8 Å². The number of aromatic nitrogens is 1. The quantitative estimate of drug-likeness (QED) is 0.645. The molecule has 21 heavy (non-hydrogen) atoms. The minimum absolute atomic E-state index is 0. The number of nitrogens with zero attached hydrogens (tertiary/aromatic N) is 1. The third-order valence-corrected chi connectivity index (χ3v) is 3.15. The van der Waals surface area contributed by atoms with Crippen molar-refractivity contribution in [3.8, 4) is 0 Å². The highest BCUT2D eigenvalue weighted by molar-refractivity contribution is 7.13. The van der Waals surface area contributed by atoms with Crippen molar-refractivity contribution in [3.05, 3.63) is 11.1 Å². The highest BCUT2D eigenvalue weighted by atomic mass is 35.5. The normalized spacial score (nSPS) is 9.52. The lowest BCUT2D eigenvalue weighted by Crippen LogP contribution is -2.31. The smallest absolute Gasteiger partial charge is 0.228 e. The molecule has 0 bridgehead atoms. The number of amides is 2. The van der Waals surface area contributed by atoms with Gasteiger partial charge in [-0.1, -0.05) is 13.8 Å². The highest BCUT2D eigenvalue weighted by Gasteiger charge is 2.11. The Balaban J connectivity index is 0. The fraction of sp³-hybridized carbons (Fsp3) is 0.583. The largest absolute Gasteiger partial charge is 0.354 e. The zero-order chi connectivity index (χ0) is 14.3. The maximum Gasteiger partial charge on any atom is 0.228 e. The molecule has 1 aromatic rings. The Kier molecular flexibility index (Phi) is 12.5. The van der Waals surface area contributed by atoms with E-state index in [0.29, 0.717) is 17.4 Å². The van der Waals surface area contributed by atoms with Gasteiger partial charge in [-0.2, -0.15) is 0 Å². The Labute approximate surface area is 141 Å². The van der Waals surface area contributed by atoms with Crippen LogP contribution in [0.5, 0.6) is 0 Å². The molecule has 0 aliphatic rings. The molecule has 122 valence electrons. The van der Waals surface area contributed by atoms with Crippen LogP contribution < -0.4 is 16.0 Å². The second-order valence-electron chi connectivity index (χ2n) is 4.42. The molecule has 0 aromatic carbocycles. The lowest BCUT2D eigenvalue weighted by Gasteiger charge is -2.04. The predicted molar refractivity (Wildman–Crippen MR) is 90.7 cm³/mol. The van der Waals surface area contributed by atoms with E-state index in [2.05, 4.69) is 20.9 Å². The third kappa shape index (κ3) is 8.87. The maximum absolute atomic E-state index is 11.6. The van der Waals surface area contributed by atoms with Gasteiger partial charge in [0.15, 0.2) is 5.13 Å². The van der Waals surface area contributed by atoms with Crippen LogP contribution in [0.4, 0.5) is 5.13 Å². The molecule has 2 amide bonds. The topological polar surface area (TPSA) is 83.1 Å². The molecule has 0 aliphatic heterocycles. The fourth-order valence-corrected chi connectivity index (χ4v) is 1.96. The van der Waals surface area contributed by atoms with Crippen molar-refractivity contribution >= 4 is 53.1 Å². The summed E-state index contributed by atoms with van der Waals surface area (Å²) >= 11 is 1.33. The molecule has 9 heteroatoms. The molecule has 1 rings (SSSR count). The summed E-state index contributed by atoms with van der Waals surface area (Å²) in [6, 6.07) is 0. The van der Waals surface area contributed by atoms with Crippen LogP contribution in [0.25, 0.3) is 0 Å². The van der Waals surface area contributed by atoms with Gasteiger partial charge in [0.1, 0.15) is 0 Å². The molecule has 0 fully saturated rings. The van der Waals surface area contributed by atoms with Gasteiger partial charge in [-0.25, -0.2) is 4.98 Å². The van der Waals surface area contributed by atoms with Crippen molar-refractivity contribution < 1.29 is 9.59 Å². The first-order valence-corrected chi connectivity index (χ1v) is 7.07. The maximum atomic E-state index is 11.6. The van der Waals surface area contributed by atoms with E-state index >= 15 is 0 Å². The van der Waals surface area contributed by atoms with E-state index in [0.717, 1.165) is 6.54 Å². The van der Waals surface area contributed by atoms with Crippen molar-refractivity contribution in [1.82, 2.24) is 15.6 Å². The monoisotopic (exact) mass is 356 g/mol. The number of rotatable bonds is 7. The van der Waals surface area contributed by atoms with Crippen molar-refractivity contribution in [1.29, 1.82) is 0 Å². The van der Waals surface area contributed by atoms with E-state index in [9.17, 15) is 9.59 Å². The van der Waals surface area contributed by atoms with E-state index < -0.39 is 0 Å². The second-order valence-corrected chi connectivity index (χ2v) is 5.28. The molecular formula is C12H22Cl2N4O2S. The molecule has 0 radical (unpaired) electrons. The van der Waals surface area contributed by atoms with Crippen LogP contribution in [0, 0.1) is 5.92 Å². The standard InChI is InChI=1S/C12H20N4O2S.2ClH/c1-8(2)11(18)16-12-15-9(7-19-12)6-10(17)14-5-4-13-3;;/h7-8,13H,4-6H2,1-3H3,(H,14,17)(H,15,16,18);2*1H. The van der Waals surface area contributed by atoms with Crippen LogP contribution in [-0.4, -0.2) is 36.9 Å². The van der Waals surface area contributed by atoms with Gasteiger partial charge in [0.25, 0.3) is 0 Å². The third-order valence-electron chi connectivity index (χ3n) is 2.35. The molecular weight excluding hydrogens is 335 g/mol. The summed E-state index contributed by atoms with van der Waals surface area (Å²) in [5, 5.41) is 10.8. The summed E-state index contributed by atoms with van der Waals surface area (Å²) in [5.74, 6) is -0.223. The molecule has 0 atom stereocenters. The second kappa shape index (κ2) is 11.7. The number of carbonyl (C=O) groups excluding carboxylic acids is 2. The van der Waals surface area contributed by atoms with Crippen LogP contribution in [0.15, 0.2) is 5.38 Å². The summed E-state index contributed by atoms with van der Waals surface area (Å²) in [5.41, 5.74) is 0.672. The van der Waals surface area contributed by atoms with Crippen molar-refractivity contribution in [2.24, 2.45) is 5.92 Å². The molecule has 1 aromatic heterocycles. The van der Waals surface area contributed by atoms with Gasteiger partial charge < -0.3 is 16.0 Å². The minimum Gasteiger partial charge on any atom is -0.354 e. The SMILES string of the molecule is CNCCNC(=O)Cc1csc(NC(=O)C(C)C)n1.Cl.Cl. The summed E-state index contributed by atoms with van der Waals surface area (Å²) < 4.78 is 0. The van der Waals surface area contributed by atoms with E-state index in [-0.39, 0.29) is 49.0 Å². The van der Waals surface area contributed by atoms with Crippen LogP contribution in [-0.2, 0) is 16.0 Å². The van der Waals surface area contributed by atoms with Gasteiger partial charge in [0, 0.05) is 24.4 Å². The van der Waals surface area contributed by atoms with Crippen molar-refractivity contribution in [3.63, 3.8) is 0 Å². The Morgan fingerprint density at radius 2 is 1.95 bits per heavy atom. The molecule has 1 heterocycles. The molecule has 3 N–H and O–H groups in total. The van der Waals surface area contributed by atoms with Gasteiger partial charge in [-0.15, -0.1) is 36.2 Å². The van der Waals surface area contributed by atoms with Gasteiger partial charge in [0.05, 0.1) is 12.1 Å². The Bertz CT molecular complexity index is 441. The number of likely N-dealkylation sites (N-methyl/N-ethyl adjacent to an activating group) is 1. The zero-order valence-corrected chi connectivity index (χ0v) is 14.7. The van der Waals surface area contributed by atoms with E-state index in [1.54, 1.807) is 5.38 Å². The van der Waals surface area contributed by atoms with Gasteiger partial charge in [-0.3, -0.25) is 9.59 Å². The molecule has 0 saturated heterocycles. The zero-order valence-electron chi connectivity index (χ0n) is 12.3. The first-order chi connectivity index (χ1) is 9.02. The molecule has 6 nitrogen and oxygen atoms in total. The number of thiazole rings is 1. The van der Waals surface area contributed by atoms with E-state index in [1.807, 2.05) is 20.9 Å². The van der Waals surface area contributed by atoms with Crippen LogP contribution >= 0.6 is 36.2 Å². The average molecular weight is 357 g/mol. The predicted octanol–water partition coefficient (Wildman–Crippen LogP) is 1.46. The van der Waals surface area contributed by atoms with Crippen LogP contribution in [0.3, 0.4) is 0 Å². The Hall–Kier alpha value is -0.890. The molecule has 0 saturated carbocycles. The number of hydrogen-bond donors (Lipinski definition) is 3. The first kappa shape index (κ1) is 22.4. The summed E-state index contributed by atoms with van der Waals surface area (Å²) in [6.45, 7) is 4.97.